The van der Waals surface area contributed by atoms with Crippen LogP contribution in [0.5, 0.6) is 0 Å². The maximum absolute atomic E-state index is 11.2. The maximum Gasteiger partial charge on any atom is 0.338 e. The summed E-state index contributed by atoms with van der Waals surface area (Å²) in [5.41, 5.74) is 1.06. The van der Waals surface area contributed by atoms with Crippen molar-refractivity contribution in [2.45, 2.75) is 6.92 Å². The van der Waals surface area contributed by atoms with Crippen LogP contribution in [0.1, 0.15) is 15.9 Å². The van der Waals surface area contributed by atoms with Crippen molar-refractivity contribution in [3.63, 3.8) is 0 Å². The number of esters is 1. The zero-order valence-corrected chi connectivity index (χ0v) is 7.90. The first-order valence-corrected chi connectivity index (χ1v) is 3.98. The predicted molar refractivity (Wildman–Crippen MR) is 48.3 cm³/mol. The highest BCUT2D eigenvalue weighted by Gasteiger charge is 2.12. The van der Waals surface area contributed by atoms with Gasteiger partial charge < -0.3 is 9.94 Å². The fraction of sp³-hybridized carbons (Fsp3) is 0.222. The number of carbonyl (C=O) groups is 1. The molecule has 0 bridgehead atoms. The van der Waals surface area contributed by atoms with E-state index in [9.17, 15) is 10.0 Å². The largest absolute Gasteiger partial charge is 0.595 e. The molecule has 1 rings (SSSR count). The molecule has 1 aromatic carbocycles. The summed E-state index contributed by atoms with van der Waals surface area (Å²) in [6.07, 6.45) is 0. The lowest BCUT2D eigenvalue weighted by molar-refractivity contribution is -0.991. The lowest BCUT2D eigenvalue weighted by Gasteiger charge is -2.12. The first-order chi connectivity index (χ1) is 6.56. The molecule has 14 heavy (non-hydrogen) atoms. The molecule has 0 saturated carbocycles. The monoisotopic (exact) mass is 197 g/mol. The number of quaternary nitrogens is 1. The second-order valence-corrected chi connectivity index (χ2v) is 2.83. The van der Waals surface area contributed by atoms with Gasteiger partial charge in [0.25, 0.3) is 0 Å². The number of aryl methyl sites for hydroxylation is 1. The number of rotatable bonds is 2. The first-order valence-electron chi connectivity index (χ1n) is 3.98. The van der Waals surface area contributed by atoms with Crippen molar-refractivity contribution < 1.29 is 20.0 Å². The fourth-order valence-corrected chi connectivity index (χ4v) is 1.08. The van der Waals surface area contributed by atoms with Crippen LogP contribution in [0, 0.1) is 12.1 Å². The maximum atomic E-state index is 11.2. The Balaban J connectivity index is 3.15. The molecular weight excluding hydrogens is 186 g/mol. The van der Waals surface area contributed by atoms with E-state index in [0.29, 0.717) is 5.56 Å². The van der Waals surface area contributed by atoms with Gasteiger partial charge in [0.05, 0.1) is 12.7 Å². The van der Waals surface area contributed by atoms with Gasteiger partial charge in [0.1, 0.15) is 0 Å². The SMILES string of the molecule is COC(=O)c1cc([NH+]([O-])O)ccc1C. The molecule has 0 radical (unpaired) electrons. The summed E-state index contributed by atoms with van der Waals surface area (Å²) in [5, 5.41) is 18.3. The van der Waals surface area contributed by atoms with Gasteiger partial charge in [-0.05, 0) is 12.5 Å². The number of benzene rings is 1. The molecule has 0 amide bonds. The molecule has 0 fully saturated rings. The Kier molecular flexibility index (Phi) is 3.19. The second-order valence-electron chi connectivity index (χ2n) is 2.83. The van der Waals surface area contributed by atoms with Crippen molar-refractivity contribution >= 4 is 11.7 Å². The summed E-state index contributed by atoms with van der Waals surface area (Å²) >= 11 is 0. The highest BCUT2D eigenvalue weighted by Crippen LogP contribution is 2.13. The van der Waals surface area contributed by atoms with E-state index in [1.54, 1.807) is 13.0 Å². The van der Waals surface area contributed by atoms with Crippen LogP contribution in [0.3, 0.4) is 0 Å². The summed E-state index contributed by atoms with van der Waals surface area (Å²) in [5.74, 6) is -0.523. The van der Waals surface area contributed by atoms with E-state index < -0.39 is 11.2 Å². The number of ether oxygens (including phenoxy) is 1. The summed E-state index contributed by atoms with van der Waals surface area (Å²) in [6, 6.07) is 4.34. The average molecular weight is 197 g/mol. The molecule has 0 aromatic heterocycles. The predicted octanol–water partition coefficient (Wildman–Crippen LogP) is 0.185. The minimum atomic E-state index is -1.06. The molecule has 1 atom stereocenters. The van der Waals surface area contributed by atoms with Crippen LogP contribution >= 0.6 is 0 Å². The van der Waals surface area contributed by atoms with E-state index in [-0.39, 0.29) is 11.3 Å². The summed E-state index contributed by atoms with van der Waals surface area (Å²) in [7, 11) is 1.26. The van der Waals surface area contributed by atoms with Crippen LogP contribution < -0.4 is 5.23 Å². The Morgan fingerprint density at radius 2 is 2.21 bits per heavy atom. The van der Waals surface area contributed by atoms with Crippen LogP contribution in [-0.4, -0.2) is 18.3 Å². The van der Waals surface area contributed by atoms with Crippen LogP contribution in [0.25, 0.3) is 0 Å². The van der Waals surface area contributed by atoms with Gasteiger partial charge in [0.15, 0.2) is 5.69 Å². The molecule has 76 valence electrons. The van der Waals surface area contributed by atoms with Gasteiger partial charge in [0, 0.05) is 12.1 Å². The number of carbonyl (C=O) groups excluding carboxylic acids is 1. The van der Waals surface area contributed by atoms with Gasteiger partial charge >= 0.3 is 5.97 Å². The molecule has 0 saturated heterocycles. The Morgan fingerprint density at radius 3 is 2.71 bits per heavy atom. The van der Waals surface area contributed by atoms with Gasteiger partial charge in [0.2, 0.25) is 0 Å². The zero-order chi connectivity index (χ0) is 10.7. The smallest absolute Gasteiger partial charge is 0.338 e. The van der Waals surface area contributed by atoms with E-state index in [1.165, 1.54) is 19.2 Å². The molecule has 5 heteroatoms. The van der Waals surface area contributed by atoms with Crippen molar-refractivity contribution in [3.05, 3.63) is 34.5 Å². The van der Waals surface area contributed by atoms with Crippen LogP contribution in [-0.2, 0) is 4.74 Å². The van der Waals surface area contributed by atoms with E-state index in [1.807, 2.05) is 0 Å². The third kappa shape index (κ3) is 2.08. The van der Waals surface area contributed by atoms with Gasteiger partial charge in [-0.25, -0.2) is 10.0 Å². The molecule has 1 unspecified atom stereocenters. The van der Waals surface area contributed by atoms with E-state index in [4.69, 9.17) is 5.21 Å². The van der Waals surface area contributed by atoms with Crippen LogP contribution in [0.15, 0.2) is 18.2 Å². The minimum absolute atomic E-state index is 0.0796. The van der Waals surface area contributed by atoms with Gasteiger partial charge in [-0.15, -0.1) is 0 Å². The standard InChI is InChI=1S/C9H11NO4/c1-6-3-4-7(10(12)13)5-8(6)9(11)14-2/h3-5,10,12H,1-2H3. The van der Waals surface area contributed by atoms with E-state index >= 15 is 0 Å². The summed E-state index contributed by atoms with van der Waals surface area (Å²) in [4.78, 5) is 11.2. The minimum Gasteiger partial charge on any atom is -0.595 e. The number of methoxy groups -OCH3 is 1. The van der Waals surface area contributed by atoms with Crippen molar-refractivity contribution in [2.75, 3.05) is 7.11 Å². The Labute approximate surface area is 81.1 Å². The molecule has 0 spiro atoms. The zero-order valence-electron chi connectivity index (χ0n) is 7.90. The van der Waals surface area contributed by atoms with Crippen LogP contribution in [0.4, 0.5) is 5.69 Å². The molecule has 1 aromatic rings. The quantitative estimate of drug-likeness (QED) is 0.524. The Bertz CT molecular complexity index is 349. The highest BCUT2D eigenvalue weighted by atomic mass is 16.8. The number of nitrogens with one attached hydrogen (secondary N) is 1. The molecule has 0 aliphatic heterocycles. The lowest BCUT2D eigenvalue weighted by Crippen LogP contribution is -2.99. The fourth-order valence-electron chi connectivity index (χ4n) is 1.08. The normalized spacial score (nSPS) is 12.3. The van der Waals surface area contributed by atoms with Crippen molar-refractivity contribution in [2.24, 2.45) is 0 Å². The lowest BCUT2D eigenvalue weighted by atomic mass is 10.1. The second kappa shape index (κ2) is 4.19. The topological polar surface area (TPSA) is 74.0 Å². The van der Waals surface area contributed by atoms with Crippen molar-refractivity contribution in [1.82, 2.24) is 0 Å². The summed E-state index contributed by atoms with van der Waals surface area (Å²) in [6.45, 7) is 1.72. The summed E-state index contributed by atoms with van der Waals surface area (Å²) < 4.78 is 4.52. The van der Waals surface area contributed by atoms with Crippen LogP contribution in [0.2, 0.25) is 0 Å². The molecule has 5 nitrogen and oxygen atoms in total. The average Bonchev–Trinajstić information content (AvgIpc) is 2.17. The molecule has 0 aliphatic rings. The third-order valence-corrected chi connectivity index (χ3v) is 1.89. The van der Waals surface area contributed by atoms with E-state index in [0.717, 1.165) is 0 Å². The molecular formula is C9H11NO4. The third-order valence-electron chi connectivity index (χ3n) is 1.89. The molecule has 2 N–H and O–H groups in total. The Hall–Kier alpha value is -1.43. The Morgan fingerprint density at radius 1 is 1.57 bits per heavy atom. The van der Waals surface area contributed by atoms with Gasteiger partial charge in [-0.3, -0.25) is 0 Å². The molecule has 0 heterocycles. The van der Waals surface area contributed by atoms with Crippen molar-refractivity contribution in [3.8, 4) is 0 Å². The molecule has 0 aliphatic carbocycles. The van der Waals surface area contributed by atoms with Gasteiger partial charge in [-0.2, -0.15) is 5.23 Å². The number of hydrogen-bond donors (Lipinski definition) is 2. The van der Waals surface area contributed by atoms with E-state index in [2.05, 4.69) is 4.74 Å². The van der Waals surface area contributed by atoms with Gasteiger partial charge in [-0.1, -0.05) is 6.07 Å². The number of hydrogen-bond acceptors (Lipinski definition) is 4. The first kappa shape index (κ1) is 10.6. The van der Waals surface area contributed by atoms with Crippen molar-refractivity contribution in [1.29, 1.82) is 0 Å². The highest BCUT2D eigenvalue weighted by molar-refractivity contribution is 5.91.